The number of amides is 1. The summed E-state index contributed by atoms with van der Waals surface area (Å²) < 4.78 is 5.93. The van der Waals surface area contributed by atoms with Crippen LogP contribution in [0.15, 0.2) is 60.7 Å². The van der Waals surface area contributed by atoms with Gasteiger partial charge in [-0.15, -0.1) is 11.3 Å². The Morgan fingerprint density at radius 1 is 0.946 bits per heavy atom. The summed E-state index contributed by atoms with van der Waals surface area (Å²) in [4.78, 5) is 30.2. The van der Waals surface area contributed by atoms with Gasteiger partial charge in [0.2, 0.25) is 0 Å². The molecule has 0 aliphatic heterocycles. The highest BCUT2D eigenvalue weighted by atomic mass is 32.1. The number of aromatic nitrogens is 1. The van der Waals surface area contributed by atoms with Gasteiger partial charge in [-0.2, -0.15) is 0 Å². The van der Waals surface area contributed by atoms with E-state index in [1.807, 2.05) is 69.3 Å². The molecule has 0 spiro atoms. The van der Waals surface area contributed by atoms with E-state index in [9.17, 15) is 14.7 Å². The molecule has 4 aromatic rings. The Morgan fingerprint density at radius 3 is 2.32 bits per heavy atom. The molecule has 0 fully saturated rings. The minimum atomic E-state index is -0.960. The van der Waals surface area contributed by atoms with Gasteiger partial charge in [0.1, 0.15) is 16.5 Å². The molecule has 0 aliphatic rings. The molecule has 0 aliphatic carbocycles. The monoisotopic (exact) mass is 514 g/mol. The molecule has 0 bridgehead atoms. The van der Waals surface area contributed by atoms with Gasteiger partial charge >= 0.3 is 5.97 Å². The maximum absolute atomic E-state index is 13.1. The number of thiazole rings is 1. The molecule has 4 rings (SSSR count). The molecule has 1 amide bonds. The lowest BCUT2D eigenvalue weighted by Gasteiger charge is -2.14. The van der Waals surface area contributed by atoms with Gasteiger partial charge < -0.3 is 15.2 Å². The first kappa shape index (κ1) is 26.1. The fourth-order valence-electron chi connectivity index (χ4n) is 3.97. The van der Waals surface area contributed by atoms with E-state index in [2.05, 4.69) is 10.3 Å². The summed E-state index contributed by atoms with van der Waals surface area (Å²) in [5.41, 5.74) is 5.98. The summed E-state index contributed by atoms with van der Waals surface area (Å²) in [6, 6.07) is 19.2. The van der Waals surface area contributed by atoms with Crippen LogP contribution in [0.4, 0.5) is 0 Å². The predicted octanol–water partition coefficient (Wildman–Crippen LogP) is 6.82. The molecular weight excluding hydrogens is 484 g/mol. The van der Waals surface area contributed by atoms with Gasteiger partial charge in [-0.25, -0.2) is 9.78 Å². The Balaban J connectivity index is 1.58. The van der Waals surface area contributed by atoms with Crippen molar-refractivity contribution in [2.24, 2.45) is 0 Å². The van der Waals surface area contributed by atoms with Crippen LogP contribution >= 0.6 is 11.3 Å². The molecule has 2 N–H and O–H groups in total. The lowest BCUT2D eigenvalue weighted by molar-refractivity contribution is 0.0696. The number of nitrogens with one attached hydrogen (secondary N) is 1. The van der Waals surface area contributed by atoms with Crippen molar-refractivity contribution in [2.75, 3.05) is 6.61 Å². The molecule has 6 nitrogen and oxygen atoms in total. The van der Waals surface area contributed by atoms with Crippen molar-refractivity contribution in [3.8, 4) is 27.4 Å². The van der Waals surface area contributed by atoms with Crippen molar-refractivity contribution in [1.29, 1.82) is 0 Å². The maximum Gasteiger partial charge on any atom is 0.335 e. The number of carbonyl (C=O) groups is 2. The Kier molecular flexibility index (Phi) is 8.04. The van der Waals surface area contributed by atoms with E-state index in [-0.39, 0.29) is 18.0 Å². The first-order valence-electron chi connectivity index (χ1n) is 12.2. The Bertz CT molecular complexity index is 1440. The third-order valence-electron chi connectivity index (χ3n) is 6.07. The van der Waals surface area contributed by atoms with E-state index < -0.39 is 5.97 Å². The van der Waals surface area contributed by atoms with E-state index >= 15 is 0 Å². The van der Waals surface area contributed by atoms with Crippen LogP contribution in [0.1, 0.15) is 55.8 Å². The lowest BCUT2D eigenvalue weighted by Crippen LogP contribution is -2.24. The van der Waals surface area contributed by atoms with Crippen molar-refractivity contribution >= 4 is 23.2 Å². The van der Waals surface area contributed by atoms with Crippen LogP contribution in [0, 0.1) is 20.8 Å². The highest BCUT2D eigenvalue weighted by molar-refractivity contribution is 7.15. The number of carbonyl (C=O) groups excluding carboxylic acids is 1. The van der Waals surface area contributed by atoms with Crippen LogP contribution in [-0.2, 0) is 6.54 Å². The highest BCUT2D eigenvalue weighted by Crippen LogP contribution is 2.30. The number of rotatable bonds is 9. The topological polar surface area (TPSA) is 88.5 Å². The second kappa shape index (κ2) is 11.4. The Morgan fingerprint density at radius 2 is 1.62 bits per heavy atom. The normalized spacial score (nSPS) is 10.8. The van der Waals surface area contributed by atoms with Gasteiger partial charge in [0.05, 0.1) is 12.2 Å². The number of carboxylic acid groups (broad SMARTS) is 1. The smallest absolute Gasteiger partial charge is 0.335 e. The number of hydrogen-bond acceptors (Lipinski definition) is 5. The number of hydrogen-bond donors (Lipinski definition) is 2. The molecule has 0 saturated heterocycles. The third kappa shape index (κ3) is 6.06. The number of nitrogens with zero attached hydrogens (tertiary/aromatic N) is 1. The maximum atomic E-state index is 13.1. The minimum absolute atomic E-state index is 0.248. The molecule has 0 unspecified atom stereocenters. The zero-order valence-electron chi connectivity index (χ0n) is 21.4. The van der Waals surface area contributed by atoms with Crippen LogP contribution in [0.2, 0.25) is 0 Å². The number of ether oxygens (including phenoxy) is 1. The first-order valence-corrected chi connectivity index (χ1v) is 13.0. The zero-order valence-corrected chi connectivity index (χ0v) is 22.2. The van der Waals surface area contributed by atoms with E-state index in [4.69, 9.17) is 4.74 Å². The van der Waals surface area contributed by atoms with E-state index in [1.165, 1.54) is 16.9 Å². The zero-order chi connectivity index (χ0) is 26.5. The lowest BCUT2D eigenvalue weighted by atomic mass is 9.98. The van der Waals surface area contributed by atoms with Gasteiger partial charge in [0.15, 0.2) is 0 Å². The molecule has 7 heteroatoms. The van der Waals surface area contributed by atoms with Gasteiger partial charge in [-0.05, 0) is 62.1 Å². The van der Waals surface area contributed by atoms with Gasteiger partial charge in [0, 0.05) is 22.5 Å². The van der Waals surface area contributed by atoms with Crippen molar-refractivity contribution in [1.82, 2.24) is 10.3 Å². The quantitative estimate of drug-likeness (QED) is 0.256. The molecule has 0 saturated carbocycles. The standard InChI is InChI=1S/C30H30N2O4S/c1-5-14-36-26-13-12-22(23-11-8-19(3)25(16-23)30(34)35)15-24(26)17-31-28(33)27-20(4)37-29(32-27)21-9-6-18(2)7-10-21/h6-13,15-16H,5,14,17H2,1-4H3,(H,31,33)(H,34,35). The second-order valence-corrected chi connectivity index (χ2v) is 10.2. The van der Waals surface area contributed by atoms with Crippen LogP contribution in [0.3, 0.4) is 0 Å². The van der Waals surface area contributed by atoms with Crippen molar-refractivity contribution in [3.63, 3.8) is 0 Å². The number of benzene rings is 3. The molecule has 190 valence electrons. The van der Waals surface area contributed by atoms with E-state index in [0.717, 1.165) is 38.6 Å². The molecular formula is C30H30N2O4S. The summed E-state index contributed by atoms with van der Waals surface area (Å²) in [6.45, 7) is 8.55. The summed E-state index contributed by atoms with van der Waals surface area (Å²) in [7, 11) is 0. The molecule has 1 heterocycles. The number of aryl methyl sites for hydroxylation is 3. The van der Waals surface area contributed by atoms with E-state index in [1.54, 1.807) is 19.1 Å². The fourth-order valence-corrected chi connectivity index (χ4v) is 4.88. The second-order valence-electron chi connectivity index (χ2n) is 8.98. The molecule has 1 aromatic heterocycles. The summed E-state index contributed by atoms with van der Waals surface area (Å²) in [5.74, 6) is -0.521. The fraction of sp³-hybridized carbons (Fsp3) is 0.233. The average molecular weight is 515 g/mol. The van der Waals surface area contributed by atoms with Gasteiger partial charge in [-0.3, -0.25) is 4.79 Å². The summed E-state index contributed by atoms with van der Waals surface area (Å²) >= 11 is 1.50. The van der Waals surface area contributed by atoms with Gasteiger partial charge in [0.25, 0.3) is 5.91 Å². The molecule has 37 heavy (non-hydrogen) atoms. The van der Waals surface area contributed by atoms with Gasteiger partial charge in [-0.1, -0.05) is 55.0 Å². The van der Waals surface area contributed by atoms with Crippen LogP contribution < -0.4 is 10.1 Å². The SMILES string of the molecule is CCCOc1ccc(-c2ccc(C)c(C(=O)O)c2)cc1CNC(=O)c1nc(-c2ccc(C)cc2)sc1C. The molecule has 0 atom stereocenters. The summed E-state index contributed by atoms with van der Waals surface area (Å²) in [5, 5.41) is 13.3. The first-order chi connectivity index (χ1) is 17.8. The number of aromatic carboxylic acids is 1. The third-order valence-corrected chi connectivity index (χ3v) is 7.09. The highest BCUT2D eigenvalue weighted by Gasteiger charge is 2.18. The Labute approximate surface area is 221 Å². The summed E-state index contributed by atoms with van der Waals surface area (Å²) in [6.07, 6.45) is 0.854. The molecule has 0 radical (unpaired) electrons. The number of carboxylic acids is 1. The molecule has 3 aromatic carbocycles. The van der Waals surface area contributed by atoms with Crippen molar-refractivity contribution in [2.45, 2.75) is 40.7 Å². The van der Waals surface area contributed by atoms with Crippen LogP contribution in [-0.4, -0.2) is 28.6 Å². The Hall–Kier alpha value is -3.97. The van der Waals surface area contributed by atoms with Crippen molar-refractivity contribution < 1.29 is 19.4 Å². The van der Waals surface area contributed by atoms with Crippen molar-refractivity contribution in [3.05, 3.63) is 93.5 Å². The van der Waals surface area contributed by atoms with Crippen LogP contribution in [0.25, 0.3) is 21.7 Å². The van der Waals surface area contributed by atoms with Crippen LogP contribution in [0.5, 0.6) is 5.75 Å². The minimum Gasteiger partial charge on any atom is -0.493 e. The van der Waals surface area contributed by atoms with E-state index in [0.29, 0.717) is 23.6 Å². The average Bonchev–Trinajstić information content (AvgIpc) is 3.28. The largest absolute Gasteiger partial charge is 0.493 e. The predicted molar refractivity (Wildman–Crippen MR) is 148 cm³/mol.